The van der Waals surface area contributed by atoms with E-state index >= 15 is 0 Å². The highest BCUT2D eigenvalue weighted by Gasteiger charge is 2.29. The zero-order chi connectivity index (χ0) is 24.8. The number of imidazole rings is 1. The number of methoxy groups -OCH3 is 4. The molecule has 0 aliphatic heterocycles. The molecule has 34 heavy (non-hydrogen) atoms. The van der Waals surface area contributed by atoms with Crippen molar-refractivity contribution >= 4 is 5.97 Å². The summed E-state index contributed by atoms with van der Waals surface area (Å²) in [6.07, 6.45) is 3.63. The number of pyridine rings is 1. The molecule has 0 saturated heterocycles. The Kier molecular flexibility index (Phi) is 7.83. The van der Waals surface area contributed by atoms with Gasteiger partial charge in [0, 0.05) is 36.5 Å². The van der Waals surface area contributed by atoms with Crippen LogP contribution in [-0.2, 0) is 22.5 Å². The highest BCUT2D eigenvalue weighted by Crippen LogP contribution is 2.43. The number of ether oxygens (including phenoxy) is 4. The summed E-state index contributed by atoms with van der Waals surface area (Å²) in [5.74, 6) is -0.482. The molecule has 10 nitrogen and oxygen atoms in total. The van der Waals surface area contributed by atoms with Crippen LogP contribution in [0.15, 0.2) is 35.5 Å². The Morgan fingerprint density at radius 1 is 1.12 bits per heavy atom. The summed E-state index contributed by atoms with van der Waals surface area (Å²) in [7, 11) is 5.70. The number of nitrogens with one attached hydrogen (secondary N) is 1. The lowest BCUT2D eigenvalue weighted by atomic mass is 9.87. The van der Waals surface area contributed by atoms with Crippen LogP contribution in [0.2, 0.25) is 0 Å². The molecule has 1 aromatic carbocycles. The van der Waals surface area contributed by atoms with E-state index in [9.17, 15) is 14.7 Å². The van der Waals surface area contributed by atoms with Crippen LogP contribution in [0.1, 0.15) is 34.9 Å². The van der Waals surface area contributed by atoms with Crippen LogP contribution in [0.4, 0.5) is 0 Å². The fourth-order valence-corrected chi connectivity index (χ4v) is 3.97. The van der Waals surface area contributed by atoms with Crippen molar-refractivity contribution in [3.8, 4) is 23.0 Å². The van der Waals surface area contributed by atoms with Crippen LogP contribution < -0.4 is 19.8 Å². The number of rotatable bonds is 10. The van der Waals surface area contributed by atoms with E-state index in [0.717, 1.165) is 5.69 Å². The summed E-state index contributed by atoms with van der Waals surface area (Å²) in [5, 5.41) is 10.9. The first-order valence-electron chi connectivity index (χ1n) is 10.6. The van der Waals surface area contributed by atoms with Gasteiger partial charge < -0.3 is 33.6 Å². The van der Waals surface area contributed by atoms with Gasteiger partial charge in [-0.1, -0.05) is 0 Å². The summed E-state index contributed by atoms with van der Waals surface area (Å²) in [5.41, 5.74) is 1.66. The molecular formula is C24H29N3O7. The van der Waals surface area contributed by atoms with Crippen LogP contribution in [0.3, 0.4) is 0 Å². The number of hydrogen-bond donors (Lipinski definition) is 2. The molecule has 10 heteroatoms. The topological polar surface area (TPSA) is 125 Å². The largest absolute Gasteiger partial charge is 0.507 e. The number of esters is 1. The number of hydrogen-bond acceptors (Lipinski definition) is 8. The van der Waals surface area contributed by atoms with Gasteiger partial charge in [0.1, 0.15) is 5.75 Å². The van der Waals surface area contributed by atoms with Crippen LogP contribution in [0.25, 0.3) is 0 Å². The van der Waals surface area contributed by atoms with E-state index in [0.29, 0.717) is 41.5 Å². The number of H-pyrrole nitrogens is 1. The zero-order valence-electron chi connectivity index (χ0n) is 19.9. The standard InChI is InChI=1S/C24H29N3O7/c1-14-8-18(28)22(24(30)27(14)7-6-16-12-25-13-26-16)17(11-21(29)33-4)15-9-19(31-2)23(34-5)20(10-15)32-3/h8-10,12-13,17,28H,6-7,11H2,1-5H3,(H,25,26)/t17-/m0/s1. The van der Waals surface area contributed by atoms with Crippen molar-refractivity contribution < 1.29 is 28.8 Å². The first kappa shape index (κ1) is 24.7. The second-order valence-electron chi connectivity index (χ2n) is 7.66. The molecule has 2 aromatic heterocycles. The third-order valence-electron chi connectivity index (χ3n) is 5.72. The number of benzene rings is 1. The van der Waals surface area contributed by atoms with Gasteiger partial charge in [0.15, 0.2) is 11.5 Å². The van der Waals surface area contributed by atoms with E-state index in [1.54, 1.807) is 36.1 Å². The number of aromatic amines is 1. The minimum absolute atomic E-state index is 0.0786. The zero-order valence-corrected chi connectivity index (χ0v) is 19.9. The van der Waals surface area contributed by atoms with Crippen LogP contribution in [0, 0.1) is 6.92 Å². The second kappa shape index (κ2) is 10.8. The van der Waals surface area contributed by atoms with Gasteiger partial charge in [0.25, 0.3) is 5.56 Å². The normalized spacial score (nSPS) is 11.7. The third-order valence-corrected chi connectivity index (χ3v) is 5.72. The highest BCUT2D eigenvalue weighted by atomic mass is 16.5. The van der Waals surface area contributed by atoms with Crippen molar-refractivity contribution in [2.24, 2.45) is 0 Å². The molecule has 182 valence electrons. The summed E-state index contributed by atoms with van der Waals surface area (Å²) in [6, 6.07) is 4.83. The summed E-state index contributed by atoms with van der Waals surface area (Å²) in [4.78, 5) is 33.0. The first-order valence-corrected chi connectivity index (χ1v) is 10.6. The van der Waals surface area contributed by atoms with Gasteiger partial charge in [-0.15, -0.1) is 0 Å². The van der Waals surface area contributed by atoms with Gasteiger partial charge in [-0.2, -0.15) is 0 Å². The number of aromatic nitrogens is 3. The van der Waals surface area contributed by atoms with Gasteiger partial charge in [0.2, 0.25) is 5.75 Å². The van der Waals surface area contributed by atoms with Crippen LogP contribution >= 0.6 is 0 Å². The number of nitrogens with zero attached hydrogens (tertiary/aromatic N) is 2. The molecule has 1 atom stereocenters. The van der Waals surface area contributed by atoms with E-state index in [4.69, 9.17) is 18.9 Å². The van der Waals surface area contributed by atoms with Crippen molar-refractivity contribution in [3.63, 3.8) is 0 Å². The molecular weight excluding hydrogens is 442 g/mol. The van der Waals surface area contributed by atoms with Crippen molar-refractivity contribution in [3.05, 3.63) is 63.6 Å². The van der Waals surface area contributed by atoms with Crippen molar-refractivity contribution in [2.75, 3.05) is 28.4 Å². The van der Waals surface area contributed by atoms with E-state index < -0.39 is 17.4 Å². The molecule has 0 unspecified atom stereocenters. The maximum atomic E-state index is 13.6. The Hall–Kier alpha value is -3.95. The minimum atomic E-state index is -0.826. The predicted molar refractivity (Wildman–Crippen MR) is 124 cm³/mol. The van der Waals surface area contributed by atoms with E-state index in [-0.39, 0.29) is 17.7 Å². The van der Waals surface area contributed by atoms with E-state index in [1.165, 1.54) is 34.5 Å². The number of carbonyl (C=O) groups is 1. The summed E-state index contributed by atoms with van der Waals surface area (Å²) < 4.78 is 22.7. The summed E-state index contributed by atoms with van der Waals surface area (Å²) >= 11 is 0. The Bertz CT molecular complexity index is 1180. The van der Waals surface area contributed by atoms with Gasteiger partial charge in [-0.3, -0.25) is 9.59 Å². The molecule has 3 rings (SSSR count). The molecule has 0 fully saturated rings. The SMILES string of the molecule is COC(=O)C[C@@H](c1cc(OC)c(OC)c(OC)c1)c1c(O)cc(C)n(CCc2cnc[nH]2)c1=O. The van der Waals surface area contributed by atoms with Gasteiger partial charge in [-0.05, 0) is 30.7 Å². The Morgan fingerprint density at radius 2 is 1.79 bits per heavy atom. The molecule has 0 aliphatic rings. The predicted octanol–water partition coefficient (Wildman–Crippen LogP) is 2.55. The average Bonchev–Trinajstić information content (AvgIpc) is 3.35. The molecule has 0 saturated carbocycles. The second-order valence-corrected chi connectivity index (χ2v) is 7.66. The van der Waals surface area contributed by atoms with E-state index in [2.05, 4.69) is 9.97 Å². The van der Waals surface area contributed by atoms with Crippen LogP contribution in [0.5, 0.6) is 23.0 Å². The highest BCUT2D eigenvalue weighted by molar-refractivity contribution is 5.72. The van der Waals surface area contributed by atoms with Gasteiger partial charge in [-0.25, -0.2) is 4.98 Å². The smallest absolute Gasteiger partial charge is 0.306 e. The lowest BCUT2D eigenvalue weighted by Gasteiger charge is -2.22. The Balaban J connectivity index is 2.17. The fraction of sp³-hybridized carbons (Fsp3) is 0.375. The van der Waals surface area contributed by atoms with Crippen molar-refractivity contribution in [1.82, 2.24) is 14.5 Å². The molecule has 0 bridgehead atoms. The van der Waals surface area contributed by atoms with E-state index in [1.807, 2.05) is 0 Å². The summed E-state index contributed by atoms with van der Waals surface area (Å²) in [6.45, 7) is 2.10. The lowest BCUT2D eigenvalue weighted by molar-refractivity contribution is -0.140. The van der Waals surface area contributed by atoms with Crippen molar-refractivity contribution in [1.29, 1.82) is 0 Å². The molecule has 2 heterocycles. The third kappa shape index (κ3) is 5.00. The molecule has 3 aromatic rings. The molecule has 0 spiro atoms. The maximum absolute atomic E-state index is 13.6. The molecule has 0 aliphatic carbocycles. The molecule has 0 radical (unpaired) electrons. The lowest BCUT2D eigenvalue weighted by Crippen LogP contribution is -2.29. The van der Waals surface area contributed by atoms with Crippen LogP contribution in [-0.4, -0.2) is 54.1 Å². The van der Waals surface area contributed by atoms with Gasteiger partial charge in [0.05, 0.1) is 46.8 Å². The number of aromatic hydroxyl groups is 1. The van der Waals surface area contributed by atoms with Crippen molar-refractivity contribution in [2.45, 2.75) is 32.2 Å². The number of carbonyl (C=O) groups excluding carboxylic acids is 1. The molecule has 0 amide bonds. The Morgan fingerprint density at radius 3 is 2.32 bits per heavy atom. The maximum Gasteiger partial charge on any atom is 0.306 e. The Labute approximate surface area is 197 Å². The minimum Gasteiger partial charge on any atom is -0.507 e. The molecule has 2 N–H and O–H groups in total. The monoisotopic (exact) mass is 471 g/mol. The quantitative estimate of drug-likeness (QED) is 0.432. The fourth-order valence-electron chi connectivity index (χ4n) is 3.97. The average molecular weight is 472 g/mol. The number of aryl methyl sites for hydroxylation is 2. The first-order chi connectivity index (χ1) is 16.3. The van der Waals surface area contributed by atoms with Gasteiger partial charge >= 0.3 is 5.97 Å².